The van der Waals surface area contributed by atoms with E-state index in [1.54, 1.807) is 24.3 Å². The van der Waals surface area contributed by atoms with E-state index in [4.69, 9.17) is 9.84 Å². The van der Waals surface area contributed by atoms with E-state index in [0.29, 0.717) is 11.3 Å². The Bertz CT molecular complexity index is 624. The third-order valence-corrected chi connectivity index (χ3v) is 3.14. The maximum Gasteiger partial charge on any atom is 0.349 e. The van der Waals surface area contributed by atoms with Gasteiger partial charge in [0.25, 0.3) is 5.91 Å². The molecular weight excluding hydrogens is 268 g/mol. The van der Waals surface area contributed by atoms with Crippen LogP contribution in [0.4, 0.5) is 5.82 Å². The number of carboxylic acids is 1. The van der Waals surface area contributed by atoms with Gasteiger partial charge in [-0.1, -0.05) is 6.07 Å². The summed E-state index contributed by atoms with van der Waals surface area (Å²) in [6.45, 7) is 0. The van der Waals surface area contributed by atoms with Gasteiger partial charge in [0, 0.05) is 5.56 Å². The van der Waals surface area contributed by atoms with Crippen molar-refractivity contribution in [3.05, 3.63) is 40.2 Å². The van der Waals surface area contributed by atoms with Crippen LogP contribution in [0.3, 0.4) is 0 Å². The highest BCUT2D eigenvalue weighted by molar-refractivity contribution is 7.12. The summed E-state index contributed by atoms with van der Waals surface area (Å²) in [5, 5.41) is 11.4. The molecule has 0 fully saturated rings. The molecule has 1 aromatic carbocycles. The molecule has 0 atom stereocenters. The average molecular weight is 278 g/mol. The van der Waals surface area contributed by atoms with Crippen molar-refractivity contribution >= 4 is 29.0 Å². The standard InChI is InChI=1S/C12H10N2O4S/c1-18-8-4-2-3-7(5-8)11(15)14-10-9(12(16)17)19-6-13-10/h2-6H,1H3,(H,14,15)(H,16,17). The quantitative estimate of drug-likeness (QED) is 0.894. The lowest BCUT2D eigenvalue weighted by atomic mass is 10.2. The Labute approximate surface area is 112 Å². The number of aromatic nitrogens is 1. The number of ether oxygens (including phenoxy) is 1. The zero-order valence-corrected chi connectivity index (χ0v) is 10.7. The zero-order chi connectivity index (χ0) is 13.8. The van der Waals surface area contributed by atoms with Gasteiger partial charge < -0.3 is 15.2 Å². The number of carboxylic acid groups (broad SMARTS) is 1. The van der Waals surface area contributed by atoms with Crippen LogP contribution in [0.2, 0.25) is 0 Å². The smallest absolute Gasteiger partial charge is 0.349 e. The van der Waals surface area contributed by atoms with Gasteiger partial charge in [-0.2, -0.15) is 0 Å². The first-order valence-electron chi connectivity index (χ1n) is 5.24. The van der Waals surface area contributed by atoms with Gasteiger partial charge in [0.15, 0.2) is 10.7 Å². The molecule has 1 heterocycles. The molecule has 0 spiro atoms. The molecule has 0 saturated carbocycles. The van der Waals surface area contributed by atoms with Crippen molar-refractivity contribution in [2.45, 2.75) is 0 Å². The van der Waals surface area contributed by atoms with E-state index in [0.717, 1.165) is 11.3 Å². The number of carbonyl (C=O) groups excluding carboxylic acids is 1. The number of thiazole rings is 1. The molecule has 0 radical (unpaired) electrons. The molecule has 0 aliphatic heterocycles. The fourth-order valence-electron chi connectivity index (χ4n) is 1.43. The average Bonchev–Trinajstić information content (AvgIpc) is 2.87. The highest BCUT2D eigenvalue weighted by Gasteiger charge is 2.16. The Kier molecular flexibility index (Phi) is 3.76. The maximum absolute atomic E-state index is 12.0. The first-order valence-corrected chi connectivity index (χ1v) is 6.12. The predicted molar refractivity (Wildman–Crippen MR) is 70.0 cm³/mol. The van der Waals surface area contributed by atoms with Crippen LogP contribution in [-0.2, 0) is 0 Å². The largest absolute Gasteiger partial charge is 0.497 e. The molecule has 98 valence electrons. The second-order valence-electron chi connectivity index (χ2n) is 3.52. The fraction of sp³-hybridized carbons (Fsp3) is 0.0833. The van der Waals surface area contributed by atoms with E-state index in [9.17, 15) is 9.59 Å². The van der Waals surface area contributed by atoms with Gasteiger partial charge in [-0.15, -0.1) is 11.3 Å². The molecule has 0 aliphatic rings. The number of anilines is 1. The van der Waals surface area contributed by atoms with Gasteiger partial charge >= 0.3 is 5.97 Å². The van der Waals surface area contributed by atoms with E-state index in [1.807, 2.05) is 0 Å². The molecule has 0 saturated heterocycles. The number of methoxy groups -OCH3 is 1. The number of carbonyl (C=O) groups is 2. The van der Waals surface area contributed by atoms with Gasteiger partial charge in [0.05, 0.1) is 12.6 Å². The normalized spacial score (nSPS) is 9.95. The van der Waals surface area contributed by atoms with E-state index in [1.165, 1.54) is 12.6 Å². The molecule has 0 unspecified atom stereocenters. The van der Waals surface area contributed by atoms with Gasteiger partial charge in [0.2, 0.25) is 0 Å². The molecule has 19 heavy (non-hydrogen) atoms. The number of hydrogen-bond donors (Lipinski definition) is 2. The Hall–Kier alpha value is -2.41. The second-order valence-corrected chi connectivity index (χ2v) is 4.38. The molecule has 6 nitrogen and oxygen atoms in total. The topological polar surface area (TPSA) is 88.5 Å². The summed E-state index contributed by atoms with van der Waals surface area (Å²) >= 11 is 0.952. The van der Waals surface area contributed by atoms with Crippen molar-refractivity contribution in [3.8, 4) is 5.75 Å². The SMILES string of the molecule is COc1cccc(C(=O)Nc2ncsc2C(=O)O)c1. The number of aromatic carboxylic acids is 1. The van der Waals surface area contributed by atoms with Crippen LogP contribution in [0.1, 0.15) is 20.0 Å². The van der Waals surface area contributed by atoms with Crippen LogP contribution >= 0.6 is 11.3 Å². The first-order chi connectivity index (χ1) is 9.11. The third-order valence-electron chi connectivity index (χ3n) is 2.33. The van der Waals surface area contributed by atoms with E-state index < -0.39 is 11.9 Å². The lowest BCUT2D eigenvalue weighted by molar-refractivity contribution is 0.0703. The number of rotatable bonds is 4. The fourth-order valence-corrected chi connectivity index (χ4v) is 2.01. The van der Waals surface area contributed by atoms with Crippen molar-refractivity contribution in [2.75, 3.05) is 12.4 Å². The number of hydrogen-bond acceptors (Lipinski definition) is 5. The summed E-state index contributed by atoms with van der Waals surface area (Å²) in [6.07, 6.45) is 0. The number of nitrogens with zero attached hydrogens (tertiary/aromatic N) is 1. The Morgan fingerprint density at radius 1 is 1.42 bits per heavy atom. The third kappa shape index (κ3) is 2.89. The van der Waals surface area contributed by atoms with Crippen molar-refractivity contribution in [2.24, 2.45) is 0 Å². The Balaban J connectivity index is 2.20. The highest BCUT2D eigenvalue weighted by atomic mass is 32.1. The van der Waals surface area contributed by atoms with Gasteiger partial charge in [0.1, 0.15) is 5.75 Å². The minimum Gasteiger partial charge on any atom is -0.497 e. The van der Waals surface area contributed by atoms with Crippen LogP contribution in [0.15, 0.2) is 29.8 Å². The van der Waals surface area contributed by atoms with Crippen LogP contribution < -0.4 is 10.1 Å². The lowest BCUT2D eigenvalue weighted by Crippen LogP contribution is -2.14. The monoisotopic (exact) mass is 278 g/mol. The molecular formula is C12H10N2O4S. The van der Waals surface area contributed by atoms with E-state index in [-0.39, 0.29) is 10.7 Å². The summed E-state index contributed by atoms with van der Waals surface area (Å²) in [4.78, 5) is 26.7. The molecule has 1 amide bonds. The molecule has 7 heteroatoms. The van der Waals surface area contributed by atoms with Gasteiger partial charge in [-0.05, 0) is 18.2 Å². The Morgan fingerprint density at radius 3 is 2.89 bits per heavy atom. The van der Waals surface area contributed by atoms with Crippen molar-refractivity contribution in [1.82, 2.24) is 4.98 Å². The van der Waals surface area contributed by atoms with Crippen molar-refractivity contribution in [1.29, 1.82) is 0 Å². The molecule has 0 bridgehead atoms. The van der Waals surface area contributed by atoms with Crippen LogP contribution in [-0.4, -0.2) is 29.1 Å². The zero-order valence-electron chi connectivity index (χ0n) is 9.91. The number of nitrogens with one attached hydrogen (secondary N) is 1. The number of amides is 1. The minimum absolute atomic E-state index is 0.00348. The van der Waals surface area contributed by atoms with Crippen molar-refractivity contribution in [3.63, 3.8) is 0 Å². The molecule has 2 N–H and O–H groups in total. The minimum atomic E-state index is -1.12. The van der Waals surface area contributed by atoms with Crippen LogP contribution in [0, 0.1) is 0 Å². The summed E-state index contributed by atoms with van der Waals surface area (Å²) in [5.74, 6) is -0.967. The molecule has 0 aliphatic carbocycles. The van der Waals surface area contributed by atoms with Gasteiger partial charge in [-0.3, -0.25) is 4.79 Å². The van der Waals surface area contributed by atoms with E-state index in [2.05, 4.69) is 10.3 Å². The summed E-state index contributed by atoms with van der Waals surface area (Å²) < 4.78 is 5.01. The van der Waals surface area contributed by atoms with Crippen molar-refractivity contribution < 1.29 is 19.4 Å². The van der Waals surface area contributed by atoms with Gasteiger partial charge in [-0.25, -0.2) is 9.78 Å². The predicted octanol–water partition coefficient (Wildman–Crippen LogP) is 2.10. The summed E-state index contributed by atoms with van der Waals surface area (Å²) in [6, 6.07) is 6.54. The summed E-state index contributed by atoms with van der Waals surface area (Å²) in [7, 11) is 1.50. The number of benzene rings is 1. The van der Waals surface area contributed by atoms with Crippen LogP contribution in [0.5, 0.6) is 5.75 Å². The maximum atomic E-state index is 12.0. The molecule has 2 rings (SSSR count). The van der Waals surface area contributed by atoms with E-state index >= 15 is 0 Å². The summed E-state index contributed by atoms with van der Waals surface area (Å²) in [5.41, 5.74) is 1.73. The van der Waals surface area contributed by atoms with Crippen LogP contribution in [0.25, 0.3) is 0 Å². The Morgan fingerprint density at radius 2 is 2.21 bits per heavy atom. The molecule has 1 aromatic heterocycles. The first kappa shape index (κ1) is 13.0. The highest BCUT2D eigenvalue weighted by Crippen LogP contribution is 2.20. The second kappa shape index (κ2) is 5.49. The lowest BCUT2D eigenvalue weighted by Gasteiger charge is -2.05. The molecule has 2 aromatic rings.